The van der Waals surface area contributed by atoms with Crippen molar-refractivity contribution in [2.45, 2.75) is 107 Å². The maximum Gasteiger partial charge on any atom is 0.179 e. The highest BCUT2D eigenvalue weighted by Gasteiger charge is 2.46. The van der Waals surface area contributed by atoms with Crippen molar-refractivity contribution < 1.29 is 0 Å². The van der Waals surface area contributed by atoms with Crippen molar-refractivity contribution in [1.29, 1.82) is 5.26 Å². The van der Waals surface area contributed by atoms with Gasteiger partial charge in [-0.3, -0.25) is 4.90 Å². The van der Waals surface area contributed by atoms with Crippen LogP contribution in [0, 0.1) is 24.3 Å². The Bertz CT molecular complexity index is 1320. The van der Waals surface area contributed by atoms with Crippen LogP contribution in [-0.4, -0.2) is 50.6 Å². The number of piperidine rings is 2. The van der Waals surface area contributed by atoms with E-state index in [1.807, 2.05) is 0 Å². The molecule has 0 spiro atoms. The van der Waals surface area contributed by atoms with Crippen molar-refractivity contribution in [2.75, 3.05) is 13.1 Å². The largest absolute Gasteiger partial charge is 0.325 e. The molecule has 3 aliphatic heterocycles. The van der Waals surface area contributed by atoms with Gasteiger partial charge in [-0.1, -0.05) is 55.3 Å². The normalized spacial score (nSPS) is 31.6. The topological polar surface area (TPSA) is 48.1 Å². The first-order valence-corrected chi connectivity index (χ1v) is 15.6. The van der Waals surface area contributed by atoms with Crippen molar-refractivity contribution in [2.24, 2.45) is 5.92 Å². The molecule has 4 fully saturated rings. The van der Waals surface area contributed by atoms with E-state index in [9.17, 15) is 5.26 Å². The Labute approximate surface area is 233 Å². The first-order chi connectivity index (χ1) is 19.1. The van der Waals surface area contributed by atoms with E-state index in [2.05, 4.69) is 82.1 Å². The second-order valence-corrected chi connectivity index (χ2v) is 13.0. The number of hydrogen-bond acceptors (Lipinski definition) is 4. The van der Waals surface area contributed by atoms with Gasteiger partial charge in [0.25, 0.3) is 0 Å². The molecule has 4 heterocycles. The van der Waals surface area contributed by atoms with E-state index in [1.54, 1.807) is 0 Å². The van der Waals surface area contributed by atoms with Crippen LogP contribution in [0.5, 0.6) is 0 Å². The molecule has 7 rings (SSSR count). The summed E-state index contributed by atoms with van der Waals surface area (Å²) < 4.78 is 2.55. The zero-order valence-electron chi connectivity index (χ0n) is 23.5. The van der Waals surface area contributed by atoms with E-state index in [0.717, 1.165) is 24.9 Å². The van der Waals surface area contributed by atoms with Gasteiger partial charge in [0, 0.05) is 36.1 Å². The van der Waals surface area contributed by atoms with Crippen molar-refractivity contribution in [3.63, 3.8) is 0 Å². The highest BCUT2D eigenvalue weighted by Crippen LogP contribution is 2.48. The Morgan fingerprint density at radius 2 is 1.64 bits per heavy atom. The van der Waals surface area contributed by atoms with Gasteiger partial charge in [-0.25, -0.2) is 4.98 Å². The van der Waals surface area contributed by atoms with Crippen LogP contribution in [0.4, 0.5) is 0 Å². The van der Waals surface area contributed by atoms with Gasteiger partial charge in [0.1, 0.15) is 5.82 Å². The van der Waals surface area contributed by atoms with Crippen molar-refractivity contribution >= 4 is 11.0 Å². The lowest BCUT2D eigenvalue weighted by molar-refractivity contribution is 0.0645. The summed E-state index contributed by atoms with van der Waals surface area (Å²) in [5, 5.41) is 10.0. The third kappa shape index (κ3) is 4.45. The Hall–Kier alpha value is -2.84. The zero-order valence-corrected chi connectivity index (χ0v) is 23.5. The third-order valence-corrected chi connectivity index (χ3v) is 11.1. The average molecular weight is 522 g/mol. The summed E-state index contributed by atoms with van der Waals surface area (Å²) in [6.45, 7) is 4.28. The number of benzene rings is 2. The van der Waals surface area contributed by atoms with Gasteiger partial charge in [-0.05, 0) is 94.9 Å². The number of hydrogen-bond donors (Lipinski definition) is 0. The van der Waals surface area contributed by atoms with Crippen LogP contribution < -0.4 is 0 Å². The summed E-state index contributed by atoms with van der Waals surface area (Å²) in [4.78, 5) is 9.95. The fourth-order valence-corrected chi connectivity index (χ4v) is 9.22. The number of rotatable bonds is 6. The van der Waals surface area contributed by atoms with Crippen molar-refractivity contribution in [1.82, 2.24) is 19.4 Å². The quantitative estimate of drug-likeness (QED) is 0.329. The molecule has 5 nitrogen and oxygen atoms in total. The molecule has 2 aromatic carbocycles. The molecule has 1 aliphatic carbocycles. The second-order valence-electron chi connectivity index (χ2n) is 13.0. The van der Waals surface area contributed by atoms with Crippen LogP contribution in [0.25, 0.3) is 11.0 Å². The SMILES string of the molecule is Cc1nc2ccccc2n1C1CC2CCC(C1)N2CCC1(c2ccccc2)CCN(C#N)C(C2CCCC2)C1. The van der Waals surface area contributed by atoms with Gasteiger partial charge >= 0.3 is 0 Å². The van der Waals surface area contributed by atoms with E-state index >= 15 is 0 Å². The third-order valence-electron chi connectivity index (χ3n) is 11.1. The van der Waals surface area contributed by atoms with Crippen molar-refractivity contribution in [3.8, 4) is 6.19 Å². The fourth-order valence-electron chi connectivity index (χ4n) is 9.22. The number of fused-ring (bicyclic) bond motifs is 3. The Balaban J connectivity index is 1.12. The first-order valence-electron chi connectivity index (χ1n) is 15.6. The van der Waals surface area contributed by atoms with Crippen molar-refractivity contribution in [3.05, 3.63) is 66.0 Å². The molecule has 4 aliphatic rings. The first kappa shape index (κ1) is 25.1. The van der Waals surface area contributed by atoms with Crippen LogP contribution in [0.15, 0.2) is 54.6 Å². The molecule has 4 atom stereocenters. The van der Waals surface area contributed by atoms with Crippen LogP contribution in [0.1, 0.15) is 88.1 Å². The minimum absolute atomic E-state index is 0.176. The lowest BCUT2D eigenvalue weighted by Gasteiger charge is -2.49. The molecule has 5 heteroatoms. The van der Waals surface area contributed by atoms with Gasteiger partial charge in [-0.2, -0.15) is 5.26 Å². The highest BCUT2D eigenvalue weighted by molar-refractivity contribution is 5.76. The Kier molecular flexibility index (Phi) is 6.63. The summed E-state index contributed by atoms with van der Waals surface area (Å²) in [5.41, 5.74) is 4.12. The van der Waals surface area contributed by atoms with Gasteiger partial charge in [0.2, 0.25) is 0 Å². The molecule has 1 aromatic heterocycles. The molecular formula is C34H43N5. The van der Waals surface area contributed by atoms with Gasteiger partial charge < -0.3 is 9.47 Å². The molecule has 0 N–H and O–H groups in total. The summed E-state index contributed by atoms with van der Waals surface area (Å²) in [5.74, 6) is 1.85. The van der Waals surface area contributed by atoms with E-state index in [-0.39, 0.29) is 5.41 Å². The number of aromatic nitrogens is 2. The average Bonchev–Trinajstić information content (AvgIpc) is 3.68. The summed E-state index contributed by atoms with van der Waals surface area (Å²) in [6, 6.07) is 22.3. The molecule has 39 heavy (non-hydrogen) atoms. The molecule has 2 bridgehead atoms. The number of likely N-dealkylation sites (tertiary alicyclic amines) is 1. The molecular weight excluding hydrogens is 478 g/mol. The summed E-state index contributed by atoms with van der Waals surface area (Å²) >= 11 is 0. The fraction of sp³-hybridized carbons (Fsp3) is 0.588. The molecule has 1 saturated carbocycles. The molecule has 0 amide bonds. The summed E-state index contributed by atoms with van der Waals surface area (Å²) in [7, 11) is 0. The molecule has 204 valence electrons. The van der Waals surface area contributed by atoms with E-state index in [0.29, 0.717) is 30.1 Å². The van der Waals surface area contributed by atoms with E-state index < -0.39 is 0 Å². The van der Waals surface area contributed by atoms with E-state index in [4.69, 9.17) is 4.98 Å². The minimum Gasteiger partial charge on any atom is -0.325 e. The highest BCUT2D eigenvalue weighted by atomic mass is 15.2. The number of aryl methyl sites for hydroxylation is 1. The number of nitrogens with zero attached hydrogens (tertiary/aromatic N) is 5. The van der Waals surface area contributed by atoms with Crippen LogP contribution in [0.2, 0.25) is 0 Å². The van der Waals surface area contributed by atoms with Gasteiger partial charge in [0.05, 0.1) is 11.0 Å². The van der Waals surface area contributed by atoms with E-state index in [1.165, 1.54) is 81.2 Å². The maximum atomic E-state index is 10.0. The smallest absolute Gasteiger partial charge is 0.179 e. The Morgan fingerprint density at radius 1 is 0.923 bits per heavy atom. The lowest BCUT2D eigenvalue weighted by Crippen LogP contribution is -2.52. The number of imidazole rings is 1. The summed E-state index contributed by atoms with van der Waals surface area (Å²) in [6.07, 6.45) is 16.5. The minimum atomic E-state index is 0.176. The van der Waals surface area contributed by atoms with Crippen LogP contribution in [-0.2, 0) is 5.41 Å². The lowest BCUT2D eigenvalue weighted by atomic mass is 9.66. The van der Waals surface area contributed by atoms with Gasteiger partial charge in [0.15, 0.2) is 6.19 Å². The molecule has 4 unspecified atom stereocenters. The molecule has 3 aromatic rings. The predicted octanol–water partition coefficient (Wildman–Crippen LogP) is 6.98. The second kappa shape index (κ2) is 10.3. The van der Waals surface area contributed by atoms with Gasteiger partial charge in [-0.15, -0.1) is 0 Å². The number of para-hydroxylation sites is 2. The zero-order chi connectivity index (χ0) is 26.4. The Morgan fingerprint density at radius 3 is 2.38 bits per heavy atom. The maximum absolute atomic E-state index is 10.0. The van der Waals surface area contributed by atoms with Crippen LogP contribution in [0.3, 0.4) is 0 Å². The predicted molar refractivity (Wildman–Crippen MR) is 156 cm³/mol. The standard InChI is InChI=1S/C34H43N5/c1-25-36-31-13-7-8-14-32(31)39(25)30-21-28-15-16-29(22-30)38(28)20-18-34(27-11-3-2-4-12-27)17-19-37(24-35)33(23-34)26-9-5-6-10-26/h2-4,7-8,11-14,26,28-30,33H,5-6,9-10,15-23H2,1H3. The monoisotopic (exact) mass is 521 g/mol. The van der Waals surface area contributed by atoms with Crippen LogP contribution >= 0.6 is 0 Å². The molecule has 3 saturated heterocycles. The molecule has 0 radical (unpaired) electrons. The number of nitriles is 1.